The van der Waals surface area contributed by atoms with E-state index in [1.54, 1.807) is 30.3 Å². The standard InChI is InChI=1S/C16H24N2O3S/c1-2-3-7-12-17-16(19)15-11-8-13-18(15)22(20,21)14-9-5-4-6-10-14/h4-6,9-10,15H,2-3,7-8,11-13H2,1H3,(H,17,19). The van der Waals surface area contributed by atoms with E-state index in [9.17, 15) is 13.2 Å². The van der Waals surface area contributed by atoms with Crippen molar-refractivity contribution in [2.45, 2.75) is 50.0 Å². The Kier molecular flexibility index (Phi) is 5.97. The van der Waals surface area contributed by atoms with Crippen LogP contribution in [0.5, 0.6) is 0 Å². The Hall–Kier alpha value is -1.40. The van der Waals surface area contributed by atoms with E-state index in [0.29, 0.717) is 19.5 Å². The highest BCUT2D eigenvalue weighted by Gasteiger charge is 2.39. The summed E-state index contributed by atoms with van der Waals surface area (Å²) in [5, 5.41) is 2.87. The molecule has 122 valence electrons. The number of carbonyl (C=O) groups is 1. The maximum atomic E-state index is 12.7. The molecular weight excluding hydrogens is 300 g/mol. The Morgan fingerprint density at radius 1 is 1.27 bits per heavy atom. The fourth-order valence-corrected chi connectivity index (χ4v) is 4.40. The van der Waals surface area contributed by atoms with Gasteiger partial charge in [0.15, 0.2) is 0 Å². The van der Waals surface area contributed by atoms with Gasteiger partial charge in [-0.05, 0) is 31.4 Å². The number of rotatable bonds is 7. The highest BCUT2D eigenvalue weighted by molar-refractivity contribution is 7.89. The molecule has 0 radical (unpaired) electrons. The van der Waals surface area contributed by atoms with Crippen LogP contribution in [0.1, 0.15) is 39.0 Å². The normalized spacial score (nSPS) is 19.2. The lowest BCUT2D eigenvalue weighted by molar-refractivity contribution is -0.124. The molecule has 0 spiro atoms. The summed E-state index contributed by atoms with van der Waals surface area (Å²) in [6, 6.07) is 7.74. The van der Waals surface area contributed by atoms with Crippen molar-refractivity contribution in [1.82, 2.24) is 9.62 Å². The van der Waals surface area contributed by atoms with E-state index < -0.39 is 16.1 Å². The van der Waals surface area contributed by atoms with Crippen molar-refractivity contribution in [1.29, 1.82) is 0 Å². The third-order valence-electron chi connectivity index (χ3n) is 3.94. The first-order valence-electron chi connectivity index (χ1n) is 7.92. The average molecular weight is 324 g/mol. The molecule has 1 aliphatic rings. The quantitative estimate of drug-likeness (QED) is 0.782. The number of unbranched alkanes of at least 4 members (excludes halogenated alkanes) is 2. The zero-order chi connectivity index (χ0) is 16.0. The topological polar surface area (TPSA) is 66.5 Å². The summed E-state index contributed by atoms with van der Waals surface area (Å²) in [7, 11) is -3.60. The second-order valence-electron chi connectivity index (χ2n) is 5.58. The van der Waals surface area contributed by atoms with Gasteiger partial charge in [-0.25, -0.2) is 8.42 Å². The van der Waals surface area contributed by atoms with E-state index in [1.165, 1.54) is 4.31 Å². The van der Waals surface area contributed by atoms with Gasteiger partial charge in [0.25, 0.3) is 0 Å². The van der Waals surface area contributed by atoms with Gasteiger partial charge in [0.05, 0.1) is 4.90 Å². The number of benzene rings is 1. The summed E-state index contributed by atoms with van der Waals surface area (Å²) in [6.07, 6.45) is 4.40. The van der Waals surface area contributed by atoms with Crippen LogP contribution in [0.4, 0.5) is 0 Å². The first kappa shape index (κ1) is 17.0. The van der Waals surface area contributed by atoms with E-state index in [1.807, 2.05) is 0 Å². The molecule has 22 heavy (non-hydrogen) atoms. The summed E-state index contributed by atoms with van der Waals surface area (Å²) in [5.41, 5.74) is 0. The molecule has 1 amide bonds. The average Bonchev–Trinajstić information content (AvgIpc) is 3.03. The number of hydrogen-bond donors (Lipinski definition) is 1. The maximum absolute atomic E-state index is 12.7. The molecule has 1 aromatic rings. The summed E-state index contributed by atoms with van der Waals surface area (Å²) >= 11 is 0. The van der Waals surface area contributed by atoms with Crippen LogP contribution in [0.15, 0.2) is 35.2 Å². The largest absolute Gasteiger partial charge is 0.355 e. The van der Waals surface area contributed by atoms with Crippen molar-refractivity contribution < 1.29 is 13.2 Å². The highest BCUT2D eigenvalue weighted by atomic mass is 32.2. The van der Waals surface area contributed by atoms with Crippen LogP contribution in [0.2, 0.25) is 0 Å². The molecule has 1 aromatic carbocycles. The molecule has 0 aromatic heterocycles. The highest BCUT2D eigenvalue weighted by Crippen LogP contribution is 2.26. The Bertz CT molecular complexity index is 587. The van der Waals surface area contributed by atoms with Gasteiger partial charge in [0.2, 0.25) is 15.9 Å². The van der Waals surface area contributed by atoms with Gasteiger partial charge in [-0.2, -0.15) is 4.31 Å². The van der Waals surface area contributed by atoms with Gasteiger partial charge in [0.1, 0.15) is 6.04 Å². The number of sulfonamides is 1. The molecule has 0 saturated carbocycles. The zero-order valence-corrected chi connectivity index (χ0v) is 13.8. The molecule has 0 aliphatic carbocycles. The second-order valence-corrected chi connectivity index (χ2v) is 7.48. The van der Waals surface area contributed by atoms with Crippen LogP contribution in [0.25, 0.3) is 0 Å². The molecule has 6 heteroatoms. The minimum Gasteiger partial charge on any atom is -0.355 e. The molecule has 1 saturated heterocycles. The fourth-order valence-electron chi connectivity index (χ4n) is 2.72. The maximum Gasteiger partial charge on any atom is 0.243 e. The van der Waals surface area contributed by atoms with Gasteiger partial charge < -0.3 is 5.32 Å². The van der Waals surface area contributed by atoms with Gasteiger partial charge in [-0.1, -0.05) is 38.0 Å². The van der Waals surface area contributed by atoms with E-state index in [2.05, 4.69) is 12.2 Å². The lowest BCUT2D eigenvalue weighted by Gasteiger charge is -2.23. The van der Waals surface area contributed by atoms with E-state index >= 15 is 0 Å². The molecule has 1 aliphatic heterocycles. The van der Waals surface area contributed by atoms with Crippen LogP contribution < -0.4 is 5.32 Å². The summed E-state index contributed by atoms with van der Waals surface area (Å²) in [5.74, 6) is -0.173. The number of amides is 1. The van der Waals surface area contributed by atoms with Crippen molar-refractivity contribution in [2.75, 3.05) is 13.1 Å². The van der Waals surface area contributed by atoms with Crippen molar-refractivity contribution >= 4 is 15.9 Å². The van der Waals surface area contributed by atoms with Crippen LogP contribution >= 0.6 is 0 Å². The van der Waals surface area contributed by atoms with Crippen molar-refractivity contribution in [3.63, 3.8) is 0 Å². The number of nitrogens with zero attached hydrogens (tertiary/aromatic N) is 1. The van der Waals surface area contributed by atoms with Gasteiger partial charge in [0, 0.05) is 13.1 Å². The van der Waals surface area contributed by atoms with Crippen molar-refractivity contribution in [3.05, 3.63) is 30.3 Å². The van der Waals surface area contributed by atoms with Crippen LogP contribution in [-0.4, -0.2) is 37.8 Å². The molecule has 1 unspecified atom stereocenters. The van der Waals surface area contributed by atoms with Gasteiger partial charge >= 0.3 is 0 Å². The Morgan fingerprint density at radius 2 is 2.00 bits per heavy atom. The molecule has 1 atom stereocenters. The molecule has 1 N–H and O–H groups in total. The first-order valence-corrected chi connectivity index (χ1v) is 9.36. The summed E-state index contributed by atoms with van der Waals surface area (Å²) < 4.78 is 26.7. The van der Waals surface area contributed by atoms with Crippen molar-refractivity contribution in [3.8, 4) is 0 Å². The number of nitrogens with one attached hydrogen (secondary N) is 1. The predicted molar refractivity (Wildman–Crippen MR) is 85.9 cm³/mol. The van der Waals surface area contributed by atoms with E-state index in [0.717, 1.165) is 25.7 Å². The van der Waals surface area contributed by atoms with E-state index in [-0.39, 0.29) is 10.8 Å². The minimum absolute atomic E-state index is 0.173. The van der Waals surface area contributed by atoms with Gasteiger partial charge in [-0.15, -0.1) is 0 Å². The fraction of sp³-hybridized carbons (Fsp3) is 0.562. The third-order valence-corrected chi connectivity index (χ3v) is 5.86. The molecule has 1 fully saturated rings. The zero-order valence-electron chi connectivity index (χ0n) is 13.0. The summed E-state index contributed by atoms with van der Waals surface area (Å²) in [6.45, 7) is 3.12. The predicted octanol–water partition coefficient (Wildman–Crippen LogP) is 2.15. The number of hydrogen-bond acceptors (Lipinski definition) is 3. The van der Waals surface area contributed by atoms with Crippen LogP contribution in [-0.2, 0) is 14.8 Å². The molecule has 2 rings (SSSR count). The lowest BCUT2D eigenvalue weighted by Crippen LogP contribution is -2.46. The second kappa shape index (κ2) is 7.74. The molecule has 0 bridgehead atoms. The Labute approximate surface area is 132 Å². The summed E-state index contributed by atoms with van der Waals surface area (Å²) in [4.78, 5) is 12.5. The minimum atomic E-state index is -3.60. The third kappa shape index (κ3) is 3.87. The Balaban J connectivity index is 2.05. The first-order chi connectivity index (χ1) is 10.6. The number of carbonyl (C=O) groups excluding carboxylic acids is 1. The Morgan fingerprint density at radius 3 is 2.68 bits per heavy atom. The van der Waals surface area contributed by atoms with Crippen LogP contribution in [0, 0.1) is 0 Å². The van der Waals surface area contributed by atoms with Gasteiger partial charge in [-0.3, -0.25) is 4.79 Å². The van der Waals surface area contributed by atoms with Crippen molar-refractivity contribution in [2.24, 2.45) is 0 Å². The van der Waals surface area contributed by atoms with Crippen LogP contribution in [0.3, 0.4) is 0 Å². The smallest absolute Gasteiger partial charge is 0.243 e. The SMILES string of the molecule is CCCCCNC(=O)C1CCCN1S(=O)(=O)c1ccccc1. The lowest BCUT2D eigenvalue weighted by atomic mass is 10.2. The molecule has 1 heterocycles. The van der Waals surface area contributed by atoms with E-state index in [4.69, 9.17) is 0 Å². The molecular formula is C16H24N2O3S. The molecule has 5 nitrogen and oxygen atoms in total. The monoisotopic (exact) mass is 324 g/mol.